The molecule has 0 rings (SSSR count). The Balaban J connectivity index is 4.40. The predicted octanol–water partition coefficient (Wildman–Crippen LogP) is 3.03. The van der Waals surface area contributed by atoms with Gasteiger partial charge in [0.2, 0.25) is 0 Å². The fourth-order valence-corrected chi connectivity index (χ4v) is 1.55. The van der Waals surface area contributed by atoms with Crippen LogP contribution in [-0.2, 0) is 0 Å². The van der Waals surface area contributed by atoms with Gasteiger partial charge in [-0.15, -0.1) is 0 Å². The van der Waals surface area contributed by atoms with Gasteiger partial charge in [0.15, 0.2) is 0 Å². The van der Waals surface area contributed by atoms with E-state index in [0.29, 0.717) is 0 Å². The van der Waals surface area contributed by atoms with E-state index >= 15 is 0 Å². The highest BCUT2D eigenvalue weighted by Crippen LogP contribution is 2.19. The number of halogens is 2. The summed E-state index contributed by atoms with van der Waals surface area (Å²) in [5, 5.41) is 0. The molecule has 0 aliphatic rings. The Bertz CT molecular complexity index is 128. The molecule has 3 heteroatoms. The molecule has 0 radical (unpaired) electrons. The maximum Gasteiger partial charge on any atom is 0.123 e. The van der Waals surface area contributed by atoms with Gasteiger partial charge in [-0.05, 0) is 6.92 Å². The van der Waals surface area contributed by atoms with Crippen LogP contribution in [-0.4, -0.2) is 8.07 Å². The first-order chi connectivity index (χ1) is 3.85. The minimum atomic E-state index is -1.99. The molecule has 0 saturated carbocycles. The molecule has 0 aliphatic carbocycles. The van der Waals surface area contributed by atoms with E-state index in [4.69, 9.17) is 0 Å². The lowest BCUT2D eigenvalue weighted by Crippen LogP contribution is -2.21. The van der Waals surface area contributed by atoms with Crippen molar-refractivity contribution in [1.29, 1.82) is 0 Å². The fourth-order valence-electron chi connectivity index (χ4n) is 0.517. The molecule has 0 aromatic rings. The number of allylic oxidation sites excluding steroid dienone is 1. The molecule has 0 amide bonds. The molecule has 0 spiro atoms. The smallest absolute Gasteiger partial charge is 0.123 e. The van der Waals surface area contributed by atoms with Crippen LogP contribution >= 0.6 is 0 Å². The van der Waals surface area contributed by atoms with Crippen LogP contribution in [0.5, 0.6) is 0 Å². The van der Waals surface area contributed by atoms with E-state index in [2.05, 4.69) is 0 Å². The van der Waals surface area contributed by atoms with E-state index < -0.39 is 19.4 Å². The summed E-state index contributed by atoms with van der Waals surface area (Å²) in [5.74, 6) is -0.658. The van der Waals surface area contributed by atoms with Gasteiger partial charge in [-0.3, -0.25) is 0 Å². The van der Waals surface area contributed by atoms with Gasteiger partial charge < -0.3 is 0 Å². The third kappa shape index (κ3) is 2.74. The first-order valence-corrected chi connectivity index (χ1v) is 6.38. The van der Waals surface area contributed by atoms with Crippen LogP contribution in [0.3, 0.4) is 0 Å². The zero-order valence-electron chi connectivity index (χ0n) is 6.26. The van der Waals surface area contributed by atoms with Gasteiger partial charge in [0.05, 0.1) is 0 Å². The fraction of sp³-hybridized carbons (Fsp3) is 0.667. The average Bonchev–Trinajstić information content (AvgIpc) is 1.62. The van der Waals surface area contributed by atoms with Crippen LogP contribution in [0.1, 0.15) is 6.92 Å². The third-order valence-electron chi connectivity index (χ3n) is 0.961. The van der Waals surface area contributed by atoms with Crippen LogP contribution in [0.25, 0.3) is 0 Å². The van der Waals surface area contributed by atoms with Crippen molar-refractivity contribution in [3.05, 3.63) is 11.3 Å². The van der Waals surface area contributed by atoms with Crippen molar-refractivity contribution in [3.8, 4) is 0 Å². The van der Waals surface area contributed by atoms with Gasteiger partial charge in [0, 0.05) is 0 Å². The lowest BCUT2D eigenvalue weighted by atomic mass is 10.7. The number of rotatable bonds is 1. The number of hydrogen-bond acceptors (Lipinski definition) is 0. The SMILES string of the molecule is C/C(F)=C(\F)[Si](C)(C)C. The predicted molar refractivity (Wildman–Crippen MR) is 38.3 cm³/mol. The minimum Gasteiger partial charge on any atom is -0.215 e. The Morgan fingerprint density at radius 1 is 1.11 bits per heavy atom. The average molecular weight is 150 g/mol. The molecule has 0 nitrogen and oxygen atoms in total. The summed E-state index contributed by atoms with van der Waals surface area (Å²) in [6.45, 7) is 6.47. The van der Waals surface area contributed by atoms with Crippen LogP contribution < -0.4 is 0 Å². The summed E-state index contributed by atoms with van der Waals surface area (Å²) in [4.78, 5) is 0. The van der Waals surface area contributed by atoms with Crippen molar-refractivity contribution in [2.45, 2.75) is 26.6 Å². The maximum atomic E-state index is 12.6. The topological polar surface area (TPSA) is 0 Å². The third-order valence-corrected chi connectivity index (χ3v) is 2.62. The molecule has 0 aliphatic heterocycles. The van der Waals surface area contributed by atoms with Crippen LogP contribution in [0, 0.1) is 0 Å². The summed E-state index contributed by atoms with van der Waals surface area (Å²) in [6.07, 6.45) is 0. The normalized spacial score (nSPS) is 15.3. The Labute approximate surface area is 55.6 Å². The van der Waals surface area contributed by atoms with Crippen LogP contribution in [0.2, 0.25) is 19.6 Å². The van der Waals surface area contributed by atoms with Gasteiger partial charge >= 0.3 is 0 Å². The Hall–Kier alpha value is -0.183. The van der Waals surface area contributed by atoms with E-state index in [9.17, 15) is 8.78 Å². The molecule has 0 fully saturated rings. The quantitative estimate of drug-likeness (QED) is 0.504. The summed E-state index contributed by atoms with van der Waals surface area (Å²) in [7, 11) is -1.99. The Morgan fingerprint density at radius 2 is 1.44 bits per heavy atom. The molecular weight excluding hydrogens is 138 g/mol. The molecule has 9 heavy (non-hydrogen) atoms. The Kier molecular flexibility index (Phi) is 2.55. The lowest BCUT2D eigenvalue weighted by molar-refractivity contribution is 0.565. The summed E-state index contributed by atoms with van der Waals surface area (Å²) < 4.78 is 24.7. The van der Waals surface area contributed by atoms with Gasteiger partial charge in [0.1, 0.15) is 19.4 Å². The van der Waals surface area contributed by atoms with E-state index in [0.717, 1.165) is 6.92 Å². The monoisotopic (exact) mass is 150 g/mol. The second-order valence-corrected chi connectivity index (χ2v) is 8.04. The van der Waals surface area contributed by atoms with Gasteiger partial charge in [-0.1, -0.05) is 19.6 Å². The molecule has 0 N–H and O–H groups in total. The first kappa shape index (κ1) is 8.82. The van der Waals surface area contributed by atoms with Gasteiger partial charge in [-0.2, -0.15) is 0 Å². The van der Waals surface area contributed by atoms with E-state index in [1.165, 1.54) is 0 Å². The van der Waals surface area contributed by atoms with Crippen molar-refractivity contribution in [2.24, 2.45) is 0 Å². The zero-order chi connectivity index (χ0) is 7.65. The van der Waals surface area contributed by atoms with Crippen molar-refractivity contribution in [1.82, 2.24) is 0 Å². The van der Waals surface area contributed by atoms with E-state index in [1.54, 1.807) is 19.6 Å². The zero-order valence-corrected chi connectivity index (χ0v) is 7.26. The van der Waals surface area contributed by atoms with E-state index in [-0.39, 0.29) is 0 Å². The molecule has 0 bridgehead atoms. The molecule has 0 atom stereocenters. The van der Waals surface area contributed by atoms with Crippen LogP contribution in [0.15, 0.2) is 11.3 Å². The molecule has 0 unspecified atom stereocenters. The van der Waals surface area contributed by atoms with Crippen molar-refractivity contribution >= 4 is 8.07 Å². The van der Waals surface area contributed by atoms with Gasteiger partial charge in [0.25, 0.3) is 0 Å². The second-order valence-electron chi connectivity index (χ2n) is 3.10. The molecule has 54 valence electrons. The largest absolute Gasteiger partial charge is 0.215 e. The van der Waals surface area contributed by atoms with Crippen LogP contribution in [0.4, 0.5) is 8.78 Å². The summed E-state index contributed by atoms with van der Waals surface area (Å²) in [6, 6.07) is 0. The standard InChI is InChI=1S/C6H12F2Si/c1-5(7)6(8)9(2,3)4/h1-4H3/b6-5-. The lowest BCUT2D eigenvalue weighted by Gasteiger charge is -2.11. The number of hydrogen-bond donors (Lipinski definition) is 0. The van der Waals surface area contributed by atoms with Crippen molar-refractivity contribution < 1.29 is 8.78 Å². The van der Waals surface area contributed by atoms with Gasteiger partial charge in [-0.25, -0.2) is 8.78 Å². The van der Waals surface area contributed by atoms with Crippen molar-refractivity contribution in [3.63, 3.8) is 0 Å². The van der Waals surface area contributed by atoms with E-state index in [1.807, 2.05) is 0 Å². The summed E-state index contributed by atoms with van der Waals surface area (Å²) in [5.41, 5.74) is -0.525. The minimum absolute atomic E-state index is 0.525. The van der Waals surface area contributed by atoms with Crippen molar-refractivity contribution in [2.75, 3.05) is 0 Å². The highest BCUT2D eigenvalue weighted by molar-refractivity contribution is 6.82. The Morgan fingerprint density at radius 3 is 1.44 bits per heavy atom. The molecular formula is C6H12F2Si. The second kappa shape index (κ2) is 2.60. The highest BCUT2D eigenvalue weighted by atomic mass is 28.3. The molecule has 0 aromatic carbocycles. The summed E-state index contributed by atoms with van der Waals surface area (Å²) >= 11 is 0. The molecule has 0 saturated heterocycles. The maximum absolute atomic E-state index is 12.6. The molecule has 0 heterocycles. The molecule has 0 aromatic heterocycles. The first-order valence-electron chi connectivity index (χ1n) is 2.88. The highest BCUT2D eigenvalue weighted by Gasteiger charge is 2.22.